The van der Waals surface area contributed by atoms with E-state index in [0.717, 1.165) is 24.3 Å². The van der Waals surface area contributed by atoms with Gasteiger partial charge in [-0.3, -0.25) is 0 Å². The van der Waals surface area contributed by atoms with Crippen LogP contribution >= 0.6 is 0 Å². The van der Waals surface area contributed by atoms with E-state index in [-0.39, 0.29) is 0 Å². The molecule has 15 heavy (non-hydrogen) atoms. The zero-order chi connectivity index (χ0) is 11.3. The summed E-state index contributed by atoms with van der Waals surface area (Å²) in [5, 5.41) is 3.60. The first-order valence-electron chi connectivity index (χ1n) is 6.56. The van der Waals surface area contributed by atoms with Crippen molar-refractivity contribution >= 4 is 0 Å². The van der Waals surface area contributed by atoms with Crippen LogP contribution in [0.2, 0.25) is 0 Å². The van der Waals surface area contributed by atoms with E-state index < -0.39 is 0 Å². The third kappa shape index (κ3) is 4.98. The molecule has 3 atom stereocenters. The number of hydrogen-bond acceptors (Lipinski definition) is 2. The summed E-state index contributed by atoms with van der Waals surface area (Å²) in [7, 11) is 0. The van der Waals surface area contributed by atoms with Gasteiger partial charge in [-0.2, -0.15) is 0 Å². The lowest BCUT2D eigenvalue weighted by Gasteiger charge is -2.27. The van der Waals surface area contributed by atoms with E-state index in [1.807, 2.05) is 0 Å². The number of nitrogens with one attached hydrogen (secondary N) is 1. The van der Waals surface area contributed by atoms with Gasteiger partial charge < -0.3 is 11.1 Å². The maximum Gasteiger partial charge on any atom is 0.00419 e. The van der Waals surface area contributed by atoms with Crippen molar-refractivity contribution in [2.75, 3.05) is 13.1 Å². The molecule has 1 fully saturated rings. The molecule has 90 valence electrons. The monoisotopic (exact) mass is 212 g/mol. The molecule has 0 aliphatic heterocycles. The number of nitrogens with two attached hydrogens (primary N) is 1. The maximum absolute atomic E-state index is 5.98. The molecule has 2 heteroatoms. The van der Waals surface area contributed by atoms with Crippen LogP contribution in [-0.2, 0) is 0 Å². The summed E-state index contributed by atoms with van der Waals surface area (Å²) in [6.45, 7) is 9.24. The van der Waals surface area contributed by atoms with Gasteiger partial charge in [-0.15, -0.1) is 0 Å². The second-order valence-corrected chi connectivity index (χ2v) is 5.67. The summed E-state index contributed by atoms with van der Waals surface area (Å²) in [6.07, 6.45) is 5.16. The minimum Gasteiger partial charge on any atom is -0.328 e. The third-order valence-electron chi connectivity index (χ3n) is 3.86. The lowest BCUT2D eigenvalue weighted by atomic mass is 9.86. The highest BCUT2D eigenvalue weighted by molar-refractivity contribution is 4.76. The Kier molecular flexibility index (Phi) is 5.62. The normalized spacial score (nSPS) is 29.4. The highest BCUT2D eigenvalue weighted by atomic mass is 14.9. The molecule has 3 unspecified atom stereocenters. The van der Waals surface area contributed by atoms with Crippen molar-refractivity contribution in [3.05, 3.63) is 0 Å². The van der Waals surface area contributed by atoms with Crippen LogP contribution in [0.5, 0.6) is 0 Å². The molecule has 0 aromatic carbocycles. The fourth-order valence-corrected chi connectivity index (χ4v) is 2.27. The Morgan fingerprint density at radius 1 is 1.27 bits per heavy atom. The second-order valence-electron chi connectivity index (χ2n) is 5.67. The quantitative estimate of drug-likeness (QED) is 0.734. The molecule has 0 heterocycles. The Labute approximate surface area is 95.0 Å². The maximum atomic E-state index is 5.98. The molecule has 0 aromatic rings. The van der Waals surface area contributed by atoms with Crippen molar-refractivity contribution in [2.45, 2.75) is 52.5 Å². The first-order valence-corrected chi connectivity index (χ1v) is 6.56. The van der Waals surface area contributed by atoms with Crippen molar-refractivity contribution in [1.82, 2.24) is 5.32 Å². The van der Waals surface area contributed by atoms with Gasteiger partial charge in [-0.05, 0) is 50.1 Å². The van der Waals surface area contributed by atoms with E-state index in [2.05, 4.69) is 26.1 Å². The van der Waals surface area contributed by atoms with E-state index in [1.54, 1.807) is 0 Å². The van der Waals surface area contributed by atoms with Crippen molar-refractivity contribution in [3.8, 4) is 0 Å². The highest BCUT2D eigenvalue weighted by Gasteiger charge is 2.18. The van der Waals surface area contributed by atoms with E-state index >= 15 is 0 Å². The predicted octanol–water partition coefficient (Wildman–Crippen LogP) is 2.39. The molecular formula is C13H28N2. The van der Waals surface area contributed by atoms with Gasteiger partial charge >= 0.3 is 0 Å². The Bertz CT molecular complexity index is 168. The van der Waals surface area contributed by atoms with Gasteiger partial charge in [0, 0.05) is 6.04 Å². The molecule has 0 spiro atoms. The Hall–Kier alpha value is -0.0800. The zero-order valence-electron chi connectivity index (χ0n) is 10.6. The van der Waals surface area contributed by atoms with Gasteiger partial charge in [0.15, 0.2) is 0 Å². The molecule has 1 aliphatic rings. The molecule has 0 aromatic heterocycles. The average Bonchev–Trinajstić information content (AvgIpc) is 2.17. The molecule has 1 saturated carbocycles. The SMILES string of the molecule is CC(C)C(C)CNCC1CCCC(N)C1. The van der Waals surface area contributed by atoms with Crippen LogP contribution in [0.1, 0.15) is 46.5 Å². The Morgan fingerprint density at radius 2 is 2.00 bits per heavy atom. The van der Waals surface area contributed by atoms with Crippen LogP contribution in [0.3, 0.4) is 0 Å². The molecule has 0 radical (unpaired) electrons. The molecule has 0 amide bonds. The van der Waals surface area contributed by atoms with Gasteiger partial charge in [0.25, 0.3) is 0 Å². The second kappa shape index (κ2) is 6.49. The van der Waals surface area contributed by atoms with Crippen molar-refractivity contribution in [1.29, 1.82) is 0 Å². The van der Waals surface area contributed by atoms with Gasteiger partial charge in [-0.25, -0.2) is 0 Å². The summed E-state index contributed by atoms with van der Waals surface area (Å²) < 4.78 is 0. The minimum absolute atomic E-state index is 0.466. The van der Waals surface area contributed by atoms with E-state index in [1.165, 1.54) is 32.2 Å². The highest BCUT2D eigenvalue weighted by Crippen LogP contribution is 2.22. The minimum atomic E-state index is 0.466. The Morgan fingerprint density at radius 3 is 2.60 bits per heavy atom. The topological polar surface area (TPSA) is 38.0 Å². The van der Waals surface area contributed by atoms with E-state index in [9.17, 15) is 0 Å². The number of hydrogen-bond donors (Lipinski definition) is 2. The lowest BCUT2D eigenvalue weighted by molar-refractivity contribution is 0.297. The van der Waals surface area contributed by atoms with E-state index in [0.29, 0.717) is 6.04 Å². The lowest BCUT2D eigenvalue weighted by Crippen LogP contribution is -2.35. The van der Waals surface area contributed by atoms with Crippen LogP contribution < -0.4 is 11.1 Å². The van der Waals surface area contributed by atoms with Crippen molar-refractivity contribution in [3.63, 3.8) is 0 Å². The first-order chi connectivity index (χ1) is 7.09. The van der Waals surface area contributed by atoms with Gasteiger partial charge in [0.2, 0.25) is 0 Å². The molecule has 1 rings (SSSR count). The fourth-order valence-electron chi connectivity index (χ4n) is 2.27. The largest absolute Gasteiger partial charge is 0.328 e. The average molecular weight is 212 g/mol. The van der Waals surface area contributed by atoms with Gasteiger partial charge in [-0.1, -0.05) is 27.2 Å². The zero-order valence-corrected chi connectivity index (χ0v) is 10.6. The molecular weight excluding hydrogens is 184 g/mol. The van der Waals surface area contributed by atoms with E-state index in [4.69, 9.17) is 5.73 Å². The van der Waals surface area contributed by atoms with Crippen LogP contribution in [-0.4, -0.2) is 19.1 Å². The van der Waals surface area contributed by atoms with Crippen LogP contribution in [0.25, 0.3) is 0 Å². The molecule has 1 aliphatic carbocycles. The standard InChI is InChI=1S/C13H28N2/c1-10(2)11(3)8-15-9-12-5-4-6-13(14)7-12/h10-13,15H,4-9,14H2,1-3H3. The van der Waals surface area contributed by atoms with Crippen LogP contribution in [0.15, 0.2) is 0 Å². The van der Waals surface area contributed by atoms with Crippen LogP contribution in [0.4, 0.5) is 0 Å². The summed E-state index contributed by atoms with van der Waals surface area (Å²) in [5.74, 6) is 2.39. The third-order valence-corrected chi connectivity index (χ3v) is 3.86. The Balaban J connectivity index is 2.09. The summed E-state index contributed by atoms with van der Waals surface area (Å²) in [4.78, 5) is 0. The summed E-state index contributed by atoms with van der Waals surface area (Å²) in [6, 6.07) is 0.466. The smallest absolute Gasteiger partial charge is 0.00419 e. The van der Waals surface area contributed by atoms with Crippen LogP contribution in [0, 0.1) is 17.8 Å². The van der Waals surface area contributed by atoms with Crippen molar-refractivity contribution < 1.29 is 0 Å². The van der Waals surface area contributed by atoms with Gasteiger partial charge in [0.1, 0.15) is 0 Å². The summed E-state index contributed by atoms with van der Waals surface area (Å²) in [5.41, 5.74) is 5.98. The van der Waals surface area contributed by atoms with Crippen molar-refractivity contribution in [2.24, 2.45) is 23.5 Å². The molecule has 0 saturated heterocycles. The molecule has 2 nitrogen and oxygen atoms in total. The molecule has 3 N–H and O–H groups in total. The predicted molar refractivity (Wildman–Crippen MR) is 66.8 cm³/mol. The fraction of sp³-hybridized carbons (Fsp3) is 1.00. The molecule has 0 bridgehead atoms. The summed E-state index contributed by atoms with van der Waals surface area (Å²) >= 11 is 0. The van der Waals surface area contributed by atoms with Gasteiger partial charge in [0.05, 0.1) is 0 Å². The first kappa shape index (κ1) is 13.0. The number of rotatable bonds is 5.